The van der Waals surface area contributed by atoms with Gasteiger partial charge in [-0.15, -0.1) is 0 Å². The number of anilines is 2. The highest BCUT2D eigenvalue weighted by molar-refractivity contribution is 5.58. The average Bonchev–Trinajstić information content (AvgIpc) is 1.94. The number of rotatable bonds is 1. The Balaban J connectivity index is 3.13. The van der Waals surface area contributed by atoms with E-state index in [1.165, 1.54) is 0 Å². The monoisotopic (exact) mass is 152 g/mol. The van der Waals surface area contributed by atoms with Gasteiger partial charge in [0.15, 0.2) is 0 Å². The summed E-state index contributed by atoms with van der Waals surface area (Å²) in [6.07, 6.45) is 0. The zero-order valence-corrected chi connectivity index (χ0v) is 6.70. The van der Waals surface area contributed by atoms with E-state index in [2.05, 4.69) is 0 Å². The molecular formula is C8H12N2O. The molecule has 0 spiro atoms. The number of aryl methyl sites for hydroxylation is 1. The molecule has 0 aliphatic heterocycles. The number of nitrogen functional groups attached to an aromatic ring is 1. The zero-order valence-electron chi connectivity index (χ0n) is 6.70. The molecule has 1 aromatic carbocycles. The Hall–Kier alpha value is -1.22. The predicted molar refractivity (Wildman–Crippen MR) is 45.8 cm³/mol. The highest BCUT2D eigenvalue weighted by atomic mass is 16.5. The fourth-order valence-electron chi connectivity index (χ4n) is 0.975. The molecule has 3 nitrogen and oxygen atoms in total. The Morgan fingerprint density at radius 1 is 1.45 bits per heavy atom. The van der Waals surface area contributed by atoms with Crippen LogP contribution in [0.1, 0.15) is 5.56 Å². The predicted octanol–water partition coefficient (Wildman–Crippen LogP) is 1.40. The van der Waals surface area contributed by atoms with E-state index in [4.69, 9.17) is 10.9 Å². The summed E-state index contributed by atoms with van der Waals surface area (Å²) in [5.74, 6) is 0. The van der Waals surface area contributed by atoms with Crippen LogP contribution in [0.4, 0.5) is 11.4 Å². The van der Waals surface area contributed by atoms with Gasteiger partial charge in [-0.3, -0.25) is 10.3 Å². The maximum atomic E-state index is 9.11. The summed E-state index contributed by atoms with van der Waals surface area (Å²) in [6, 6.07) is 5.41. The lowest BCUT2D eigenvalue weighted by molar-refractivity contribution is 0.279. The number of nitrogens with zero attached hydrogens (tertiary/aromatic N) is 1. The lowest BCUT2D eigenvalue weighted by atomic mass is 10.2. The maximum Gasteiger partial charge on any atom is 0.0680 e. The largest absolute Gasteiger partial charge is 0.399 e. The Bertz CT molecular complexity index is 258. The van der Waals surface area contributed by atoms with Gasteiger partial charge < -0.3 is 5.73 Å². The minimum Gasteiger partial charge on any atom is -0.399 e. The molecule has 0 radical (unpaired) electrons. The van der Waals surface area contributed by atoms with Crippen molar-refractivity contribution in [2.75, 3.05) is 17.8 Å². The van der Waals surface area contributed by atoms with Crippen molar-refractivity contribution in [3.63, 3.8) is 0 Å². The van der Waals surface area contributed by atoms with Gasteiger partial charge in [0.05, 0.1) is 5.69 Å². The van der Waals surface area contributed by atoms with Gasteiger partial charge in [0.2, 0.25) is 0 Å². The topological polar surface area (TPSA) is 49.5 Å². The third kappa shape index (κ3) is 1.62. The highest BCUT2D eigenvalue weighted by Gasteiger charge is 2.00. The molecule has 0 aliphatic carbocycles. The molecule has 0 heterocycles. The van der Waals surface area contributed by atoms with Crippen LogP contribution in [0.5, 0.6) is 0 Å². The molecule has 0 unspecified atom stereocenters. The third-order valence-corrected chi connectivity index (χ3v) is 1.58. The Morgan fingerprint density at radius 3 is 2.55 bits per heavy atom. The second kappa shape index (κ2) is 2.80. The van der Waals surface area contributed by atoms with E-state index in [-0.39, 0.29) is 0 Å². The van der Waals surface area contributed by atoms with E-state index >= 15 is 0 Å². The van der Waals surface area contributed by atoms with Gasteiger partial charge in [0.1, 0.15) is 0 Å². The van der Waals surface area contributed by atoms with Crippen molar-refractivity contribution < 1.29 is 5.21 Å². The van der Waals surface area contributed by atoms with E-state index in [0.29, 0.717) is 5.69 Å². The first-order chi connectivity index (χ1) is 5.11. The number of nitrogens with two attached hydrogens (primary N) is 1. The Kier molecular flexibility index (Phi) is 2.01. The van der Waals surface area contributed by atoms with Gasteiger partial charge in [0, 0.05) is 12.7 Å². The molecule has 0 saturated heterocycles. The quantitative estimate of drug-likeness (QED) is 0.472. The van der Waals surface area contributed by atoms with Crippen molar-refractivity contribution in [2.24, 2.45) is 0 Å². The third-order valence-electron chi connectivity index (χ3n) is 1.58. The molecule has 0 aromatic heterocycles. The Morgan fingerprint density at radius 2 is 2.09 bits per heavy atom. The van der Waals surface area contributed by atoms with Gasteiger partial charge in [-0.05, 0) is 24.6 Å². The summed E-state index contributed by atoms with van der Waals surface area (Å²) in [7, 11) is 1.57. The highest BCUT2D eigenvalue weighted by Crippen LogP contribution is 2.19. The summed E-state index contributed by atoms with van der Waals surface area (Å²) in [4.78, 5) is 0. The normalized spacial score (nSPS) is 9.73. The van der Waals surface area contributed by atoms with Crippen LogP contribution in [0, 0.1) is 6.92 Å². The standard InChI is InChI=1S/C8H12N2O/c1-6-3-4-7(9)5-8(6)10(2)11/h3-5,11H,9H2,1-2H3. The molecule has 60 valence electrons. The molecule has 0 fully saturated rings. The summed E-state index contributed by atoms with van der Waals surface area (Å²) >= 11 is 0. The van der Waals surface area contributed by atoms with Gasteiger partial charge in [0.25, 0.3) is 0 Å². The van der Waals surface area contributed by atoms with Crippen molar-refractivity contribution >= 4 is 11.4 Å². The number of hydrogen-bond acceptors (Lipinski definition) is 3. The molecule has 3 heteroatoms. The van der Waals surface area contributed by atoms with Crippen LogP contribution in [0.3, 0.4) is 0 Å². The fraction of sp³-hybridized carbons (Fsp3) is 0.250. The first-order valence-corrected chi connectivity index (χ1v) is 3.40. The summed E-state index contributed by atoms with van der Waals surface area (Å²) in [6.45, 7) is 1.92. The molecule has 3 N–H and O–H groups in total. The van der Waals surface area contributed by atoms with E-state index < -0.39 is 0 Å². The molecule has 0 bridgehead atoms. The number of benzene rings is 1. The van der Waals surface area contributed by atoms with Gasteiger partial charge >= 0.3 is 0 Å². The SMILES string of the molecule is Cc1ccc(N)cc1N(C)O. The fourth-order valence-corrected chi connectivity index (χ4v) is 0.975. The summed E-state index contributed by atoms with van der Waals surface area (Å²) < 4.78 is 0. The minimum absolute atomic E-state index is 0.659. The maximum absolute atomic E-state index is 9.11. The van der Waals surface area contributed by atoms with Crippen LogP contribution in [0.25, 0.3) is 0 Å². The van der Waals surface area contributed by atoms with E-state index in [0.717, 1.165) is 16.3 Å². The van der Waals surface area contributed by atoms with E-state index in [1.54, 1.807) is 13.1 Å². The van der Waals surface area contributed by atoms with Crippen LogP contribution >= 0.6 is 0 Å². The smallest absolute Gasteiger partial charge is 0.0680 e. The molecule has 1 rings (SSSR count). The Labute approximate surface area is 66.0 Å². The zero-order chi connectivity index (χ0) is 8.43. The molecule has 0 saturated carbocycles. The molecule has 11 heavy (non-hydrogen) atoms. The van der Waals surface area contributed by atoms with Crippen LogP contribution in [-0.2, 0) is 0 Å². The minimum atomic E-state index is 0.659. The number of hydrogen-bond donors (Lipinski definition) is 2. The van der Waals surface area contributed by atoms with Gasteiger partial charge in [-0.1, -0.05) is 6.07 Å². The second-order valence-corrected chi connectivity index (χ2v) is 2.57. The molecule has 0 amide bonds. The number of hydroxylamine groups is 1. The van der Waals surface area contributed by atoms with Crippen molar-refractivity contribution in [3.05, 3.63) is 23.8 Å². The first kappa shape index (κ1) is 7.88. The van der Waals surface area contributed by atoms with Crippen LogP contribution in [-0.4, -0.2) is 12.3 Å². The second-order valence-electron chi connectivity index (χ2n) is 2.57. The van der Waals surface area contributed by atoms with E-state index in [1.807, 2.05) is 19.1 Å². The van der Waals surface area contributed by atoms with Crippen molar-refractivity contribution in [1.82, 2.24) is 0 Å². The average molecular weight is 152 g/mol. The van der Waals surface area contributed by atoms with E-state index in [9.17, 15) is 0 Å². The van der Waals surface area contributed by atoms with Crippen LogP contribution < -0.4 is 10.8 Å². The van der Waals surface area contributed by atoms with Gasteiger partial charge in [-0.2, -0.15) is 0 Å². The molecule has 0 aliphatic rings. The lowest BCUT2D eigenvalue weighted by Crippen LogP contribution is -2.11. The molecular weight excluding hydrogens is 140 g/mol. The molecule has 1 aromatic rings. The van der Waals surface area contributed by atoms with Crippen molar-refractivity contribution in [3.8, 4) is 0 Å². The van der Waals surface area contributed by atoms with Crippen LogP contribution in [0.15, 0.2) is 18.2 Å². The summed E-state index contributed by atoms with van der Waals surface area (Å²) in [5, 5.41) is 10.2. The van der Waals surface area contributed by atoms with Crippen molar-refractivity contribution in [1.29, 1.82) is 0 Å². The van der Waals surface area contributed by atoms with Gasteiger partial charge in [-0.25, -0.2) is 0 Å². The molecule has 0 atom stereocenters. The van der Waals surface area contributed by atoms with Crippen LogP contribution in [0.2, 0.25) is 0 Å². The van der Waals surface area contributed by atoms with Crippen molar-refractivity contribution in [2.45, 2.75) is 6.92 Å². The lowest BCUT2D eigenvalue weighted by Gasteiger charge is -2.13. The summed E-state index contributed by atoms with van der Waals surface area (Å²) in [5.41, 5.74) is 7.93. The first-order valence-electron chi connectivity index (χ1n) is 3.40.